The molecule has 6 heteroatoms. The molecule has 112 valence electrons. The first kappa shape index (κ1) is 16.4. The van der Waals surface area contributed by atoms with Gasteiger partial charge < -0.3 is 15.2 Å². The van der Waals surface area contributed by atoms with Crippen LogP contribution in [0.4, 0.5) is 8.78 Å². The van der Waals surface area contributed by atoms with Crippen molar-refractivity contribution in [3.05, 3.63) is 29.3 Å². The van der Waals surface area contributed by atoms with Crippen molar-refractivity contribution >= 4 is 5.91 Å². The van der Waals surface area contributed by atoms with Crippen LogP contribution in [0.1, 0.15) is 17.5 Å². The molecule has 1 aromatic carbocycles. The number of alkyl halides is 2. The summed E-state index contributed by atoms with van der Waals surface area (Å²) in [6.07, 6.45) is -4.65. The molecule has 0 spiro atoms. The molecule has 0 fully saturated rings. The van der Waals surface area contributed by atoms with E-state index in [1.165, 1.54) is 0 Å². The van der Waals surface area contributed by atoms with Gasteiger partial charge in [0, 0.05) is 6.54 Å². The Morgan fingerprint density at radius 3 is 2.65 bits per heavy atom. The normalized spacial score (nSPS) is 12.3. The Hall–Kier alpha value is -1.69. The number of amides is 1. The molecule has 0 heterocycles. The third-order valence-electron chi connectivity index (χ3n) is 2.88. The number of carbonyl (C=O) groups excluding carboxylic acids is 1. The number of aliphatic hydroxyl groups excluding tert-OH is 1. The predicted molar refractivity (Wildman–Crippen MR) is 71.0 cm³/mol. The van der Waals surface area contributed by atoms with Crippen molar-refractivity contribution in [2.24, 2.45) is 0 Å². The van der Waals surface area contributed by atoms with Crippen molar-refractivity contribution in [3.63, 3.8) is 0 Å². The van der Waals surface area contributed by atoms with Gasteiger partial charge in [-0.2, -0.15) is 0 Å². The molecule has 0 aliphatic carbocycles. The molecular formula is C14H19F2NO3. The molecule has 20 heavy (non-hydrogen) atoms. The zero-order valence-corrected chi connectivity index (χ0v) is 11.5. The van der Waals surface area contributed by atoms with Gasteiger partial charge in [0.2, 0.25) is 5.91 Å². The Bertz CT molecular complexity index is 452. The maximum absolute atomic E-state index is 12.0. The van der Waals surface area contributed by atoms with Crippen molar-refractivity contribution in [2.75, 3.05) is 13.2 Å². The van der Waals surface area contributed by atoms with Crippen LogP contribution in [0.2, 0.25) is 0 Å². The van der Waals surface area contributed by atoms with Gasteiger partial charge in [0.05, 0.1) is 13.0 Å². The molecule has 0 aliphatic rings. The van der Waals surface area contributed by atoms with Gasteiger partial charge >= 0.3 is 0 Å². The highest BCUT2D eigenvalue weighted by atomic mass is 19.3. The Kier molecular flexibility index (Phi) is 6.38. The number of rotatable bonds is 7. The third-order valence-corrected chi connectivity index (χ3v) is 2.88. The number of hydrogen-bond donors (Lipinski definition) is 2. The minimum Gasteiger partial charge on any atom is -0.493 e. The van der Waals surface area contributed by atoms with E-state index in [4.69, 9.17) is 9.84 Å². The van der Waals surface area contributed by atoms with Gasteiger partial charge in [0.15, 0.2) is 0 Å². The van der Waals surface area contributed by atoms with Gasteiger partial charge in [-0.15, -0.1) is 0 Å². The van der Waals surface area contributed by atoms with Crippen molar-refractivity contribution in [3.8, 4) is 5.75 Å². The number of nitrogens with one attached hydrogen (secondary N) is 1. The van der Waals surface area contributed by atoms with Crippen molar-refractivity contribution in [1.82, 2.24) is 5.32 Å². The first-order chi connectivity index (χ1) is 9.40. The van der Waals surface area contributed by atoms with Gasteiger partial charge in [-0.05, 0) is 37.1 Å². The number of halogens is 2. The van der Waals surface area contributed by atoms with E-state index >= 15 is 0 Å². The first-order valence-electron chi connectivity index (χ1n) is 6.33. The highest BCUT2D eigenvalue weighted by molar-refractivity contribution is 5.76. The Labute approximate surface area is 116 Å². The SMILES string of the molecule is Cc1ccc(OCCC(=O)NCC(O)C(F)F)cc1C. The zero-order chi connectivity index (χ0) is 15.1. The molecule has 1 rings (SSSR count). The predicted octanol–water partition coefficient (Wildman–Crippen LogP) is 1.81. The van der Waals surface area contributed by atoms with E-state index in [2.05, 4.69) is 5.32 Å². The summed E-state index contributed by atoms with van der Waals surface area (Å²) in [7, 11) is 0. The lowest BCUT2D eigenvalue weighted by Crippen LogP contribution is -2.36. The molecule has 0 radical (unpaired) electrons. The minimum absolute atomic E-state index is 0.0445. The summed E-state index contributed by atoms with van der Waals surface area (Å²) in [6, 6.07) is 5.60. The Morgan fingerprint density at radius 1 is 1.35 bits per heavy atom. The van der Waals surface area contributed by atoms with Gasteiger partial charge in [-0.25, -0.2) is 8.78 Å². The van der Waals surface area contributed by atoms with Crippen LogP contribution in [-0.2, 0) is 4.79 Å². The standard InChI is InChI=1S/C14H19F2NO3/c1-9-3-4-11(7-10(9)2)20-6-5-13(19)17-8-12(18)14(15)16/h3-4,7,12,14,18H,5-6,8H2,1-2H3,(H,17,19). The van der Waals surface area contributed by atoms with Crippen LogP contribution < -0.4 is 10.1 Å². The molecule has 2 N–H and O–H groups in total. The molecule has 1 atom stereocenters. The van der Waals surface area contributed by atoms with E-state index in [0.29, 0.717) is 5.75 Å². The molecule has 0 saturated carbocycles. The van der Waals surface area contributed by atoms with Crippen LogP contribution in [0.25, 0.3) is 0 Å². The summed E-state index contributed by atoms with van der Waals surface area (Å²) in [4.78, 5) is 11.3. The van der Waals surface area contributed by atoms with E-state index in [9.17, 15) is 13.6 Å². The quantitative estimate of drug-likeness (QED) is 0.804. The van der Waals surface area contributed by atoms with E-state index < -0.39 is 25.0 Å². The second-order valence-electron chi connectivity index (χ2n) is 4.55. The van der Waals surface area contributed by atoms with Gasteiger partial charge in [-0.1, -0.05) is 6.07 Å². The van der Waals surface area contributed by atoms with E-state index in [1.807, 2.05) is 26.0 Å². The maximum atomic E-state index is 12.0. The summed E-state index contributed by atoms with van der Waals surface area (Å²) >= 11 is 0. The van der Waals surface area contributed by atoms with Crippen LogP contribution in [0.15, 0.2) is 18.2 Å². The summed E-state index contributed by atoms with van der Waals surface area (Å²) in [5.41, 5.74) is 2.24. The largest absolute Gasteiger partial charge is 0.493 e. The van der Waals surface area contributed by atoms with Crippen LogP contribution in [0, 0.1) is 13.8 Å². The van der Waals surface area contributed by atoms with E-state index in [1.54, 1.807) is 6.07 Å². The molecule has 1 aromatic rings. The highest BCUT2D eigenvalue weighted by Gasteiger charge is 2.17. The summed E-state index contributed by atoms with van der Waals surface area (Å²) < 4.78 is 29.4. The van der Waals surface area contributed by atoms with E-state index in [-0.39, 0.29) is 13.0 Å². The van der Waals surface area contributed by atoms with Crippen LogP contribution in [-0.4, -0.2) is 36.7 Å². The minimum atomic E-state index is -2.86. The third kappa shape index (κ3) is 5.52. The Balaban J connectivity index is 2.26. The smallest absolute Gasteiger partial charge is 0.265 e. The lowest BCUT2D eigenvalue weighted by molar-refractivity contribution is -0.122. The van der Waals surface area contributed by atoms with Gasteiger partial charge in [-0.3, -0.25) is 4.79 Å². The number of carbonyl (C=O) groups is 1. The highest BCUT2D eigenvalue weighted by Crippen LogP contribution is 2.16. The molecule has 0 aromatic heterocycles. The van der Waals surface area contributed by atoms with Crippen LogP contribution in [0.3, 0.4) is 0 Å². The second kappa shape index (κ2) is 7.79. The number of ether oxygens (including phenoxy) is 1. The van der Waals surface area contributed by atoms with Crippen molar-refractivity contribution in [2.45, 2.75) is 32.8 Å². The lowest BCUT2D eigenvalue weighted by Gasteiger charge is -2.11. The van der Waals surface area contributed by atoms with E-state index in [0.717, 1.165) is 11.1 Å². The molecular weight excluding hydrogens is 268 g/mol. The summed E-state index contributed by atoms with van der Waals surface area (Å²) in [5, 5.41) is 11.1. The van der Waals surface area contributed by atoms with Crippen LogP contribution >= 0.6 is 0 Å². The van der Waals surface area contributed by atoms with Crippen molar-refractivity contribution < 1.29 is 23.4 Å². The summed E-state index contributed by atoms with van der Waals surface area (Å²) in [6.45, 7) is 3.64. The summed E-state index contributed by atoms with van der Waals surface area (Å²) in [5.74, 6) is 0.224. The molecule has 0 saturated heterocycles. The maximum Gasteiger partial charge on any atom is 0.265 e. The topological polar surface area (TPSA) is 58.6 Å². The Morgan fingerprint density at radius 2 is 2.05 bits per heavy atom. The van der Waals surface area contributed by atoms with Crippen LogP contribution in [0.5, 0.6) is 5.75 Å². The monoisotopic (exact) mass is 287 g/mol. The van der Waals surface area contributed by atoms with Gasteiger partial charge in [0.1, 0.15) is 11.9 Å². The average molecular weight is 287 g/mol. The molecule has 0 bridgehead atoms. The fourth-order valence-electron chi connectivity index (χ4n) is 1.46. The second-order valence-corrected chi connectivity index (χ2v) is 4.55. The molecule has 0 aliphatic heterocycles. The molecule has 1 unspecified atom stereocenters. The van der Waals surface area contributed by atoms with Crippen molar-refractivity contribution in [1.29, 1.82) is 0 Å². The number of aliphatic hydroxyl groups is 1. The number of aryl methyl sites for hydroxylation is 2. The number of hydrogen-bond acceptors (Lipinski definition) is 3. The first-order valence-corrected chi connectivity index (χ1v) is 6.33. The molecule has 4 nitrogen and oxygen atoms in total. The van der Waals surface area contributed by atoms with Gasteiger partial charge in [0.25, 0.3) is 6.43 Å². The fourth-order valence-corrected chi connectivity index (χ4v) is 1.46. The molecule has 1 amide bonds. The average Bonchev–Trinajstić information content (AvgIpc) is 2.40. The lowest BCUT2D eigenvalue weighted by atomic mass is 10.1. The fraction of sp³-hybridized carbons (Fsp3) is 0.500. The zero-order valence-electron chi connectivity index (χ0n) is 11.5. The number of benzene rings is 1.